The highest BCUT2D eigenvalue weighted by Gasteiger charge is 2.23. The molecule has 0 radical (unpaired) electrons. The highest BCUT2D eigenvalue weighted by molar-refractivity contribution is 5.99. The molecule has 0 aliphatic heterocycles. The molecular formula is C23H19F2N3O3. The lowest BCUT2D eigenvalue weighted by Crippen LogP contribution is -2.30. The van der Waals surface area contributed by atoms with Gasteiger partial charge in [0.25, 0.3) is 11.5 Å². The topological polar surface area (TPSA) is 88.0 Å². The molecule has 2 aromatic carbocycles. The van der Waals surface area contributed by atoms with Crippen molar-refractivity contribution in [2.45, 2.75) is 26.3 Å². The summed E-state index contributed by atoms with van der Waals surface area (Å²) in [4.78, 5) is 31.7. The predicted molar refractivity (Wildman–Crippen MR) is 111 cm³/mol. The molecule has 1 atom stereocenters. The van der Waals surface area contributed by atoms with E-state index < -0.39 is 23.6 Å². The zero-order valence-electron chi connectivity index (χ0n) is 16.8. The third-order valence-corrected chi connectivity index (χ3v) is 5.01. The first kappa shape index (κ1) is 20.5. The van der Waals surface area contributed by atoms with Crippen molar-refractivity contribution in [2.24, 2.45) is 0 Å². The van der Waals surface area contributed by atoms with Crippen LogP contribution in [-0.2, 0) is 6.42 Å². The fraction of sp³-hybridized carbons (Fsp3) is 0.174. The van der Waals surface area contributed by atoms with Gasteiger partial charge in [-0.15, -0.1) is 0 Å². The Morgan fingerprint density at radius 1 is 1.10 bits per heavy atom. The van der Waals surface area contributed by atoms with Crippen LogP contribution in [0.5, 0.6) is 0 Å². The lowest BCUT2D eigenvalue weighted by atomic mass is 10.0. The van der Waals surface area contributed by atoms with Gasteiger partial charge < -0.3 is 14.7 Å². The number of aryl methyl sites for hydroxylation is 2. The van der Waals surface area contributed by atoms with Crippen LogP contribution in [0.3, 0.4) is 0 Å². The molecule has 158 valence electrons. The fourth-order valence-electron chi connectivity index (χ4n) is 3.54. The molecule has 0 unspecified atom stereocenters. The van der Waals surface area contributed by atoms with Gasteiger partial charge in [0.15, 0.2) is 5.76 Å². The highest BCUT2D eigenvalue weighted by Crippen LogP contribution is 2.27. The van der Waals surface area contributed by atoms with E-state index in [4.69, 9.17) is 4.42 Å². The number of aromatic nitrogens is 2. The maximum atomic E-state index is 13.6. The van der Waals surface area contributed by atoms with Crippen molar-refractivity contribution < 1.29 is 18.0 Å². The number of aromatic amines is 1. The summed E-state index contributed by atoms with van der Waals surface area (Å²) >= 11 is 0. The van der Waals surface area contributed by atoms with Crippen LogP contribution in [-0.4, -0.2) is 15.9 Å². The molecule has 2 heterocycles. The van der Waals surface area contributed by atoms with Crippen LogP contribution in [0.1, 0.15) is 39.2 Å². The molecule has 0 fully saturated rings. The van der Waals surface area contributed by atoms with Gasteiger partial charge in [0, 0.05) is 23.4 Å². The Bertz CT molecular complexity index is 1330. The van der Waals surface area contributed by atoms with E-state index >= 15 is 0 Å². The first-order valence-electron chi connectivity index (χ1n) is 9.62. The van der Waals surface area contributed by atoms with E-state index in [0.717, 1.165) is 0 Å². The molecule has 2 N–H and O–H groups in total. The number of furan rings is 1. The number of fused-ring (bicyclic) bond motifs is 1. The number of nitrogens with one attached hydrogen (secondary N) is 2. The smallest absolute Gasteiger partial charge is 0.287 e. The van der Waals surface area contributed by atoms with Crippen molar-refractivity contribution in [3.05, 3.63) is 98.9 Å². The summed E-state index contributed by atoms with van der Waals surface area (Å²) in [6.45, 7) is 3.34. The zero-order valence-corrected chi connectivity index (χ0v) is 16.8. The number of hydrogen-bond acceptors (Lipinski definition) is 4. The van der Waals surface area contributed by atoms with Gasteiger partial charge >= 0.3 is 0 Å². The standard InChI is InChI=1S/C23H19F2N3O3/c1-12-18-9-16(25)7-8-20(18)31-22(12)23(30)28-19(14-3-5-15(24)6-4-14)10-17-11-21(29)27-13(2)26-17/h3-9,11,19H,10H2,1-2H3,(H,28,30)(H,26,27,29)/t19-/m0/s1. The van der Waals surface area contributed by atoms with Gasteiger partial charge in [-0.1, -0.05) is 12.1 Å². The number of amides is 1. The average Bonchev–Trinajstić information content (AvgIpc) is 3.03. The molecule has 2 aromatic heterocycles. The van der Waals surface area contributed by atoms with E-state index in [0.29, 0.717) is 33.6 Å². The lowest BCUT2D eigenvalue weighted by Gasteiger charge is -2.19. The predicted octanol–water partition coefficient (Wildman–Crippen LogP) is 4.12. The van der Waals surface area contributed by atoms with Crippen molar-refractivity contribution in [3.63, 3.8) is 0 Å². The summed E-state index contributed by atoms with van der Waals surface area (Å²) in [6.07, 6.45) is 0.204. The Hall–Kier alpha value is -3.81. The summed E-state index contributed by atoms with van der Waals surface area (Å²) in [6, 6.07) is 10.5. The second-order valence-corrected chi connectivity index (χ2v) is 7.30. The lowest BCUT2D eigenvalue weighted by molar-refractivity contribution is 0.0909. The van der Waals surface area contributed by atoms with Gasteiger partial charge in [-0.05, 0) is 49.7 Å². The molecule has 4 aromatic rings. The first-order chi connectivity index (χ1) is 14.8. The van der Waals surface area contributed by atoms with E-state index in [2.05, 4.69) is 15.3 Å². The maximum absolute atomic E-state index is 13.6. The minimum atomic E-state index is -0.605. The van der Waals surface area contributed by atoms with Crippen molar-refractivity contribution in [3.8, 4) is 0 Å². The molecule has 0 bridgehead atoms. The largest absolute Gasteiger partial charge is 0.451 e. The van der Waals surface area contributed by atoms with Crippen molar-refractivity contribution >= 4 is 16.9 Å². The number of nitrogens with zero attached hydrogens (tertiary/aromatic N) is 1. The van der Waals surface area contributed by atoms with Gasteiger partial charge in [0.1, 0.15) is 23.0 Å². The molecule has 31 heavy (non-hydrogen) atoms. The van der Waals surface area contributed by atoms with E-state index in [1.54, 1.807) is 26.0 Å². The quantitative estimate of drug-likeness (QED) is 0.505. The van der Waals surface area contributed by atoms with Crippen molar-refractivity contribution in [1.82, 2.24) is 15.3 Å². The number of carbonyl (C=O) groups excluding carboxylic acids is 1. The molecule has 1 amide bonds. The summed E-state index contributed by atoms with van der Waals surface area (Å²) in [5.74, 6) is -0.841. The molecule has 0 aliphatic rings. The third kappa shape index (κ3) is 4.37. The van der Waals surface area contributed by atoms with E-state index in [-0.39, 0.29) is 17.7 Å². The summed E-state index contributed by atoms with van der Waals surface area (Å²) < 4.78 is 32.7. The van der Waals surface area contributed by atoms with Crippen molar-refractivity contribution in [2.75, 3.05) is 0 Å². The number of rotatable bonds is 5. The second-order valence-electron chi connectivity index (χ2n) is 7.30. The summed E-state index contributed by atoms with van der Waals surface area (Å²) in [7, 11) is 0. The number of H-pyrrole nitrogens is 1. The number of hydrogen-bond donors (Lipinski definition) is 2. The Kier molecular flexibility index (Phi) is 5.37. The molecule has 0 spiro atoms. The highest BCUT2D eigenvalue weighted by atomic mass is 19.1. The summed E-state index contributed by atoms with van der Waals surface area (Å²) in [5.41, 5.74) is 1.71. The Balaban J connectivity index is 1.68. The van der Waals surface area contributed by atoms with Gasteiger partial charge in [0.2, 0.25) is 0 Å². The van der Waals surface area contributed by atoms with E-state index in [1.165, 1.54) is 36.4 Å². The monoisotopic (exact) mass is 423 g/mol. The van der Waals surface area contributed by atoms with Crippen LogP contribution >= 0.6 is 0 Å². The molecule has 0 aliphatic carbocycles. The molecule has 8 heteroatoms. The minimum Gasteiger partial charge on any atom is -0.451 e. The molecule has 6 nitrogen and oxygen atoms in total. The minimum absolute atomic E-state index is 0.0581. The van der Waals surface area contributed by atoms with Gasteiger partial charge in [0.05, 0.1) is 11.7 Å². The Morgan fingerprint density at radius 2 is 1.81 bits per heavy atom. The number of halogens is 2. The molecule has 0 saturated heterocycles. The van der Waals surface area contributed by atoms with Gasteiger partial charge in [-0.25, -0.2) is 13.8 Å². The van der Waals surface area contributed by atoms with Crippen LogP contribution in [0, 0.1) is 25.5 Å². The van der Waals surface area contributed by atoms with Crippen LogP contribution in [0.2, 0.25) is 0 Å². The Labute approximate surface area is 175 Å². The average molecular weight is 423 g/mol. The van der Waals surface area contributed by atoms with Crippen LogP contribution in [0.15, 0.2) is 57.7 Å². The van der Waals surface area contributed by atoms with E-state index in [9.17, 15) is 18.4 Å². The number of benzene rings is 2. The zero-order chi connectivity index (χ0) is 22.1. The molecular weight excluding hydrogens is 404 g/mol. The van der Waals surface area contributed by atoms with Gasteiger partial charge in [-0.2, -0.15) is 0 Å². The van der Waals surface area contributed by atoms with Crippen LogP contribution < -0.4 is 10.9 Å². The first-order valence-corrected chi connectivity index (χ1v) is 9.62. The van der Waals surface area contributed by atoms with Crippen LogP contribution in [0.4, 0.5) is 8.78 Å². The second kappa shape index (κ2) is 8.14. The number of carbonyl (C=O) groups is 1. The van der Waals surface area contributed by atoms with E-state index in [1.807, 2.05) is 0 Å². The van der Waals surface area contributed by atoms with Gasteiger partial charge in [-0.3, -0.25) is 9.59 Å². The maximum Gasteiger partial charge on any atom is 0.287 e. The Morgan fingerprint density at radius 3 is 2.52 bits per heavy atom. The van der Waals surface area contributed by atoms with Crippen molar-refractivity contribution in [1.29, 1.82) is 0 Å². The van der Waals surface area contributed by atoms with Crippen LogP contribution in [0.25, 0.3) is 11.0 Å². The summed E-state index contributed by atoms with van der Waals surface area (Å²) in [5, 5.41) is 3.38. The SMILES string of the molecule is Cc1nc(C[C@H](NC(=O)c2oc3ccc(F)cc3c2C)c2ccc(F)cc2)cc(=O)[nH]1. The molecule has 0 saturated carbocycles. The molecule has 4 rings (SSSR count). The fourth-order valence-corrected chi connectivity index (χ4v) is 3.54. The normalized spacial score (nSPS) is 12.1. The third-order valence-electron chi connectivity index (χ3n) is 5.01.